The van der Waals surface area contributed by atoms with Gasteiger partial charge in [-0.25, -0.2) is 9.59 Å². The molecular weight excluding hydrogens is 262 g/mol. The first-order chi connectivity index (χ1) is 9.63. The van der Waals surface area contributed by atoms with Gasteiger partial charge in [-0.3, -0.25) is 4.90 Å². The van der Waals surface area contributed by atoms with Gasteiger partial charge in [-0.2, -0.15) is 0 Å². The summed E-state index contributed by atoms with van der Waals surface area (Å²) in [6.07, 6.45) is -1.20. The molecule has 6 nitrogen and oxygen atoms in total. The summed E-state index contributed by atoms with van der Waals surface area (Å²) in [6.45, 7) is 0.398. The Bertz CT molecular complexity index is 476. The third kappa shape index (κ3) is 3.08. The smallest absolute Gasteiger partial charge is 0.410 e. The fourth-order valence-electron chi connectivity index (χ4n) is 2.19. The number of carbonyl (C=O) groups excluding carboxylic acids is 2. The molecule has 1 heterocycles. The number of amides is 1. The van der Waals surface area contributed by atoms with E-state index >= 15 is 0 Å². The van der Waals surface area contributed by atoms with Crippen molar-refractivity contribution in [2.45, 2.75) is 25.2 Å². The van der Waals surface area contributed by atoms with Crippen LogP contribution in [-0.2, 0) is 20.9 Å². The molecule has 20 heavy (non-hydrogen) atoms. The van der Waals surface area contributed by atoms with E-state index in [1.165, 1.54) is 12.0 Å². The number of hydrogen-bond acceptors (Lipinski definition) is 5. The van der Waals surface area contributed by atoms with Gasteiger partial charge >= 0.3 is 12.1 Å². The summed E-state index contributed by atoms with van der Waals surface area (Å²) in [5.74, 6) is -0.633. The Kier molecular flexibility index (Phi) is 4.57. The number of carbonyl (C=O) groups is 2. The standard InChI is InChI=1S/C14H17NO5/c1-19-13(17)12-11(16)7-8-15(12)14(18)20-9-10-5-3-2-4-6-10/h2-6,11-12,16H,7-9H2,1H3. The molecule has 2 rings (SSSR count). The fraction of sp³-hybridized carbons (Fsp3) is 0.429. The van der Waals surface area contributed by atoms with E-state index in [2.05, 4.69) is 4.74 Å². The van der Waals surface area contributed by atoms with E-state index in [4.69, 9.17) is 4.74 Å². The van der Waals surface area contributed by atoms with E-state index in [-0.39, 0.29) is 13.2 Å². The number of nitrogens with zero attached hydrogens (tertiary/aromatic N) is 1. The molecule has 0 radical (unpaired) electrons. The van der Waals surface area contributed by atoms with Gasteiger partial charge in [-0.05, 0) is 12.0 Å². The molecule has 1 aliphatic rings. The van der Waals surface area contributed by atoms with Crippen molar-refractivity contribution in [3.05, 3.63) is 35.9 Å². The topological polar surface area (TPSA) is 76.1 Å². The number of likely N-dealkylation sites (tertiary alicyclic amines) is 1. The number of aliphatic hydroxyl groups is 1. The SMILES string of the molecule is COC(=O)C1C(O)CCN1C(=O)OCc1ccccc1. The molecule has 1 aliphatic heterocycles. The van der Waals surface area contributed by atoms with Crippen LogP contribution < -0.4 is 0 Å². The van der Waals surface area contributed by atoms with Crippen LogP contribution in [0.15, 0.2) is 30.3 Å². The number of methoxy groups -OCH3 is 1. The maximum atomic E-state index is 12.0. The summed E-state index contributed by atoms with van der Waals surface area (Å²) in [7, 11) is 1.22. The van der Waals surface area contributed by atoms with Crippen LogP contribution in [0.25, 0.3) is 0 Å². The molecule has 108 valence electrons. The van der Waals surface area contributed by atoms with Crippen LogP contribution in [0.4, 0.5) is 4.79 Å². The first-order valence-corrected chi connectivity index (χ1v) is 6.36. The highest BCUT2D eigenvalue weighted by Crippen LogP contribution is 2.20. The van der Waals surface area contributed by atoms with Crippen molar-refractivity contribution in [1.82, 2.24) is 4.90 Å². The van der Waals surface area contributed by atoms with Crippen LogP contribution in [0.5, 0.6) is 0 Å². The molecule has 1 amide bonds. The molecule has 1 N–H and O–H groups in total. The van der Waals surface area contributed by atoms with Gasteiger partial charge in [0.1, 0.15) is 6.61 Å². The predicted molar refractivity (Wildman–Crippen MR) is 69.8 cm³/mol. The summed E-state index contributed by atoms with van der Waals surface area (Å²) in [5.41, 5.74) is 0.857. The van der Waals surface area contributed by atoms with E-state index in [0.717, 1.165) is 5.56 Å². The summed E-state index contributed by atoms with van der Waals surface area (Å²) in [5, 5.41) is 9.74. The second-order valence-electron chi connectivity index (χ2n) is 4.56. The zero-order valence-electron chi connectivity index (χ0n) is 11.2. The summed E-state index contributed by atoms with van der Waals surface area (Å²) in [4.78, 5) is 24.8. The second-order valence-corrected chi connectivity index (χ2v) is 4.56. The highest BCUT2D eigenvalue weighted by Gasteiger charge is 2.42. The number of aliphatic hydroxyl groups excluding tert-OH is 1. The van der Waals surface area contributed by atoms with Gasteiger partial charge in [-0.1, -0.05) is 30.3 Å². The fourth-order valence-corrected chi connectivity index (χ4v) is 2.19. The zero-order chi connectivity index (χ0) is 14.5. The first kappa shape index (κ1) is 14.3. The number of ether oxygens (including phenoxy) is 2. The van der Waals surface area contributed by atoms with Gasteiger partial charge < -0.3 is 14.6 Å². The van der Waals surface area contributed by atoms with E-state index in [1.807, 2.05) is 30.3 Å². The minimum atomic E-state index is -0.983. The van der Waals surface area contributed by atoms with Crippen LogP contribution in [0.1, 0.15) is 12.0 Å². The average Bonchev–Trinajstić information content (AvgIpc) is 2.87. The highest BCUT2D eigenvalue weighted by atomic mass is 16.6. The Hall–Kier alpha value is -2.08. The molecule has 2 unspecified atom stereocenters. The van der Waals surface area contributed by atoms with Crippen LogP contribution in [0.3, 0.4) is 0 Å². The quantitative estimate of drug-likeness (QED) is 0.833. The van der Waals surface area contributed by atoms with E-state index in [9.17, 15) is 14.7 Å². The third-order valence-corrected chi connectivity index (χ3v) is 3.25. The highest BCUT2D eigenvalue weighted by molar-refractivity contribution is 5.82. The summed E-state index contributed by atoms with van der Waals surface area (Å²) >= 11 is 0. The van der Waals surface area contributed by atoms with E-state index in [1.54, 1.807) is 0 Å². The first-order valence-electron chi connectivity index (χ1n) is 6.36. The molecule has 1 fully saturated rings. The number of hydrogen-bond donors (Lipinski definition) is 1. The minimum absolute atomic E-state index is 0.125. The molecule has 1 aromatic carbocycles. The lowest BCUT2D eigenvalue weighted by Gasteiger charge is -2.23. The maximum absolute atomic E-state index is 12.0. The molecule has 1 aromatic rings. The molecular formula is C14H17NO5. The van der Waals surface area contributed by atoms with Gasteiger partial charge in [0.2, 0.25) is 0 Å². The molecule has 1 saturated heterocycles. The lowest BCUT2D eigenvalue weighted by molar-refractivity contribution is -0.148. The molecule has 0 bridgehead atoms. The minimum Gasteiger partial charge on any atom is -0.467 e. The average molecular weight is 279 g/mol. The molecule has 6 heteroatoms. The molecule has 0 saturated carbocycles. The molecule has 0 spiro atoms. The number of rotatable bonds is 3. The third-order valence-electron chi connectivity index (χ3n) is 3.25. The zero-order valence-corrected chi connectivity index (χ0v) is 11.2. The Labute approximate surface area is 116 Å². The van der Waals surface area contributed by atoms with Gasteiger partial charge in [0.25, 0.3) is 0 Å². The summed E-state index contributed by atoms with van der Waals surface area (Å²) < 4.78 is 9.75. The van der Waals surface area contributed by atoms with Crippen LogP contribution in [0.2, 0.25) is 0 Å². The number of esters is 1. The lowest BCUT2D eigenvalue weighted by Crippen LogP contribution is -2.45. The predicted octanol–water partition coefficient (Wildman–Crippen LogP) is 0.931. The van der Waals surface area contributed by atoms with Crippen molar-refractivity contribution in [2.24, 2.45) is 0 Å². The van der Waals surface area contributed by atoms with Gasteiger partial charge in [0, 0.05) is 6.54 Å². The van der Waals surface area contributed by atoms with E-state index in [0.29, 0.717) is 6.42 Å². The monoisotopic (exact) mass is 279 g/mol. The second kappa shape index (κ2) is 6.38. The van der Waals surface area contributed by atoms with Gasteiger partial charge in [0.05, 0.1) is 13.2 Å². The molecule has 2 atom stereocenters. The van der Waals surface area contributed by atoms with Crippen molar-refractivity contribution < 1.29 is 24.2 Å². The Morgan fingerprint density at radius 3 is 2.70 bits per heavy atom. The normalized spacial score (nSPS) is 21.6. The Morgan fingerprint density at radius 1 is 1.35 bits per heavy atom. The molecule has 0 aliphatic carbocycles. The lowest BCUT2D eigenvalue weighted by atomic mass is 10.2. The van der Waals surface area contributed by atoms with Crippen LogP contribution in [0, 0.1) is 0 Å². The van der Waals surface area contributed by atoms with Crippen molar-refractivity contribution in [1.29, 1.82) is 0 Å². The largest absolute Gasteiger partial charge is 0.467 e. The van der Waals surface area contributed by atoms with Crippen molar-refractivity contribution in [3.63, 3.8) is 0 Å². The van der Waals surface area contributed by atoms with Crippen molar-refractivity contribution in [2.75, 3.05) is 13.7 Å². The van der Waals surface area contributed by atoms with E-state index < -0.39 is 24.2 Å². The van der Waals surface area contributed by atoms with Crippen LogP contribution in [-0.4, -0.2) is 47.9 Å². The summed E-state index contributed by atoms with van der Waals surface area (Å²) in [6, 6.07) is 8.26. The van der Waals surface area contributed by atoms with Gasteiger partial charge in [-0.15, -0.1) is 0 Å². The Morgan fingerprint density at radius 2 is 2.05 bits per heavy atom. The van der Waals surface area contributed by atoms with Crippen LogP contribution >= 0.6 is 0 Å². The Balaban J connectivity index is 1.96. The van der Waals surface area contributed by atoms with Crippen molar-refractivity contribution >= 4 is 12.1 Å². The van der Waals surface area contributed by atoms with Crippen molar-refractivity contribution in [3.8, 4) is 0 Å². The number of benzene rings is 1. The molecule has 0 aromatic heterocycles. The van der Waals surface area contributed by atoms with Gasteiger partial charge in [0.15, 0.2) is 6.04 Å². The maximum Gasteiger partial charge on any atom is 0.410 e.